The van der Waals surface area contributed by atoms with Crippen molar-refractivity contribution in [2.75, 3.05) is 11.5 Å². The van der Waals surface area contributed by atoms with E-state index < -0.39 is 21.2 Å². The summed E-state index contributed by atoms with van der Waals surface area (Å²) in [4.78, 5) is 10.8. The highest BCUT2D eigenvalue weighted by Gasteiger charge is 2.32. The molecule has 0 aromatic rings. The minimum atomic E-state index is -2.83. The van der Waals surface area contributed by atoms with Crippen molar-refractivity contribution in [3.8, 4) is 0 Å². The van der Waals surface area contributed by atoms with Gasteiger partial charge < -0.3 is 5.11 Å². The largest absolute Gasteiger partial charge is 0.481 e. The summed E-state index contributed by atoms with van der Waals surface area (Å²) < 4.78 is 22.4. The van der Waals surface area contributed by atoms with Crippen LogP contribution in [0.15, 0.2) is 0 Å². The van der Waals surface area contributed by atoms with Gasteiger partial charge in [-0.15, -0.1) is 0 Å². The van der Waals surface area contributed by atoms with Crippen LogP contribution in [-0.4, -0.2) is 31.0 Å². The molecule has 1 rings (SSSR count). The maximum atomic E-state index is 11.2. The van der Waals surface area contributed by atoms with Gasteiger partial charge in [-0.3, -0.25) is 4.79 Å². The Morgan fingerprint density at radius 1 is 1.47 bits per heavy atom. The van der Waals surface area contributed by atoms with Crippen LogP contribution in [0.3, 0.4) is 0 Å². The molecule has 1 heterocycles. The molecular weight excluding hydrogens is 216 g/mol. The van der Waals surface area contributed by atoms with Gasteiger partial charge in [-0.05, 0) is 39.0 Å². The topological polar surface area (TPSA) is 71.4 Å². The van der Waals surface area contributed by atoms with E-state index in [0.717, 1.165) is 0 Å². The number of rotatable bonds is 4. The lowest BCUT2D eigenvalue weighted by Gasteiger charge is -2.20. The summed E-state index contributed by atoms with van der Waals surface area (Å²) in [5.41, 5.74) is -0.744. The highest BCUT2D eigenvalue weighted by Crippen LogP contribution is 2.29. The van der Waals surface area contributed by atoms with Gasteiger partial charge in [0.1, 0.15) is 0 Å². The number of carboxylic acid groups (broad SMARTS) is 1. The number of carboxylic acids is 1. The van der Waals surface area contributed by atoms with E-state index in [1.165, 1.54) is 0 Å². The van der Waals surface area contributed by atoms with Gasteiger partial charge in [0.2, 0.25) is 0 Å². The molecule has 0 radical (unpaired) electrons. The summed E-state index contributed by atoms with van der Waals surface area (Å²) in [6, 6.07) is 0. The molecule has 88 valence electrons. The first-order valence-corrected chi connectivity index (χ1v) is 6.99. The van der Waals surface area contributed by atoms with Gasteiger partial charge in [0.25, 0.3) is 0 Å². The Labute approximate surface area is 90.6 Å². The molecule has 1 N–H and O–H groups in total. The van der Waals surface area contributed by atoms with E-state index in [-0.39, 0.29) is 17.4 Å². The van der Waals surface area contributed by atoms with Crippen molar-refractivity contribution < 1.29 is 18.3 Å². The Morgan fingerprint density at radius 2 is 2.07 bits per heavy atom. The average molecular weight is 234 g/mol. The second-order valence-electron chi connectivity index (χ2n) is 5.00. The summed E-state index contributed by atoms with van der Waals surface area (Å²) in [5, 5.41) is 8.90. The molecule has 0 aromatic carbocycles. The number of carbonyl (C=O) groups is 1. The van der Waals surface area contributed by atoms with E-state index in [4.69, 9.17) is 5.11 Å². The van der Waals surface area contributed by atoms with E-state index in [1.54, 1.807) is 13.8 Å². The zero-order chi connectivity index (χ0) is 11.7. The van der Waals surface area contributed by atoms with Gasteiger partial charge in [0, 0.05) is 0 Å². The third kappa shape index (κ3) is 3.48. The van der Waals surface area contributed by atoms with Crippen LogP contribution in [0.1, 0.15) is 33.1 Å². The van der Waals surface area contributed by atoms with E-state index in [1.807, 2.05) is 0 Å². The van der Waals surface area contributed by atoms with E-state index in [2.05, 4.69) is 0 Å². The normalized spacial score (nSPS) is 25.3. The lowest BCUT2D eigenvalue weighted by atomic mass is 9.85. The first-order chi connectivity index (χ1) is 6.73. The van der Waals surface area contributed by atoms with Crippen molar-refractivity contribution >= 4 is 15.8 Å². The number of aliphatic carboxylic acids is 1. The zero-order valence-corrected chi connectivity index (χ0v) is 10.0. The first-order valence-electron chi connectivity index (χ1n) is 5.17. The zero-order valence-electron chi connectivity index (χ0n) is 9.19. The number of hydrogen-bond donors (Lipinski definition) is 1. The fraction of sp³-hybridized carbons (Fsp3) is 0.900. The summed E-state index contributed by atoms with van der Waals surface area (Å²) in [5.74, 6) is -0.148. The Bertz CT molecular complexity index is 342. The third-order valence-corrected chi connectivity index (χ3v) is 4.92. The number of hydrogen-bond acceptors (Lipinski definition) is 3. The van der Waals surface area contributed by atoms with Crippen LogP contribution in [0.4, 0.5) is 0 Å². The molecule has 1 aliphatic heterocycles. The van der Waals surface area contributed by atoms with E-state index in [0.29, 0.717) is 19.3 Å². The molecule has 5 heteroatoms. The SMILES string of the molecule is CC(C)(CCC1CCS(=O)(=O)C1)C(=O)O. The van der Waals surface area contributed by atoms with Gasteiger partial charge in [-0.25, -0.2) is 8.42 Å². The molecule has 15 heavy (non-hydrogen) atoms. The average Bonchev–Trinajstić information content (AvgIpc) is 2.42. The highest BCUT2D eigenvalue weighted by molar-refractivity contribution is 7.91. The number of sulfone groups is 1. The lowest BCUT2D eigenvalue weighted by Crippen LogP contribution is -2.24. The second-order valence-corrected chi connectivity index (χ2v) is 7.23. The van der Waals surface area contributed by atoms with Crippen molar-refractivity contribution in [2.24, 2.45) is 11.3 Å². The Morgan fingerprint density at radius 3 is 2.47 bits per heavy atom. The molecule has 0 aliphatic carbocycles. The lowest BCUT2D eigenvalue weighted by molar-refractivity contribution is -0.147. The molecule has 0 aromatic heterocycles. The van der Waals surface area contributed by atoms with Gasteiger partial charge >= 0.3 is 5.97 Å². The third-order valence-electron chi connectivity index (χ3n) is 3.08. The molecule has 1 saturated heterocycles. The molecule has 0 amide bonds. The van der Waals surface area contributed by atoms with Crippen LogP contribution >= 0.6 is 0 Å². The smallest absolute Gasteiger partial charge is 0.309 e. The monoisotopic (exact) mass is 234 g/mol. The highest BCUT2D eigenvalue weighted by atomic mass is 32.2. The Balaban J connectivity index is 2.43. The Kier molecular flexibility index (Phi) is 3.43. The van der Waals surface area contributed by atoms with Crippen LogP contribution in [0.25, 0.3) is 0 Å². The second kappa shape index (κ2) is 4.12. The maximum absolute atomic E-state index is 11.2. The van der Waals surface area contributed by atoms with Gasteiger partial charge in [0.05, 0.1) is 16.9 Å². The molecule has 4 nitrogen and oxygen atoms in total. The van der Waals surface area contributed by atoms with Crippen LogP contribution in [-0.2, 0) is 14.6 Å². The molecule has 0 saturated carbocycles. The van der Waals surface area contributed by atoms with Crippen LogP contribution < -0.4 is 0 Å². The quantitative estimate of drug-likeness (QED) is 0.796. The van der Waals surface area contributed by atoms with Crippen molar-refractivity contribution in [3.63, 3.8) is 0 Å². The van der Waals surface area contributed by atoms with Crippen molar-refractivity contribution in [1.29, 1.82) is 0 Å². The summed E-state index contributed by atoms with van der Waals surface area (Å²) in [6.07, 6.45) is 1.93. The van der Waals surface area contributed by atoms with Gasteiger partial charge in [-0.2, -0.15) is 0 Å². The maximum Gasteiger partial charge on any atom is 0.309 e. The van der Waals surface area contributed by atoms with Crippen molar-refractivity contribution in [1.82, 2.24) is 0 Å². The van der Waals surface area contributed by atoms with Gasteiger partial charge in [0.15, 0.2) is 9.84 Å². The van der Waals surface area contributed by atoms with Crippen LogP contribution in [0, 0.1) is 11.3 Å². The molecule has 1 unspecified atom stereocenters. The molecular formula is C10H18O4S. The predicted molar refractivity (Wildman–Crippen MR) is 57.4 cm³/mol. The first kappa shape index (κ1) is 12.5. The fourth-order valence-electron chi connectivity index (χ4n) is 1.77. The molecule has 1 atom stereocenters. The molecule has 1 fully saturated rings. The van der Waals surface area contributed by atoms with E-state index in [9.17, 15) is 13.2 Å². The minimum Gasteiger partial charge on any atom is -0.481 e. The van der Waals surface area contributed by atoms with Crippen molar-refractivity contribution in [2.45, 2.75) is 33.1 Å². The summed E-state index contributed by atoms with van der Waals surface area (Å²) >= 11 is 0. The van der Waals surface area contributed by atoms with Crippen LogP contribution in [0.5, 0.6) is 0 Å². The molecule has 1 aliphatic rings. The fourth-order valence-corrected chi connectivity index (χ4v) is 3.68. The van der Waals surface area contributed by atoms with Crippen LogP contribution in [0.2, 0.25) is 0 Å². The molecule has 0 bridgehead atoms. The minimum absolute atomic E-state index is 0.161. The summed E-state index contributed by atoms with van der Waals surface area (Å²) in [7, 11) is -2.83. The predicted octanol–water partition coefficient (Wildman–Crippen LogP) is 1.31. The van der Waals surface area contributed by atoms with Gasteiger partial charge in [-0.1, -0.05) is 0 Å². The molecule has 0 spiro atoms. The van der Waals surface area contributed by atoms with Crippen molar-refractivity contribution in [3.05, 3.63) is 0 Å². The Hall–Kier alpha value is -0.580. The van der Waals surface area contributed by atoms with E-state index >= 15 is 0 Å². The summed E-state index contributed by atoms with van der Waals surface area (Å²) in [6.45, 7) is 3.36. The standard InChI is InChI=1S/C10H18O4S/c1-10(2,9(11)12)5-3-8-4-6-15(13,14)7-8/h8H,3-7H2,1-2H3,(H,11,12).